The van der Waals surface area contributed by atoms with Crippen LogP contribution in [0, 0.1) is 5.92 Å². The molecule has 11 heavy (non-hydrogen) atoms. The monoisotopic (exact) mass is 149 g/mol. The zero-order valence-corrected chi connectivity index (χ0v) is 6.20. The largest absolute Gasteiger partial charge is 0.327 e. The van der Waals surface area contributed by atoms with Crippen LogP contribution in [0.15, 0.2) is 28.9 Å². The van der Waals surface area contributed by atoms with E-state index in [1.807, 2.05) is 12.3 Å². The number of hydrazone groups is 1. The van der Waals surface area contributed by atoms with E-state index in [1.54, 1.807) is 0 Å². The van der Waals surface area contributed by atoms with Gasteiger partial charge in [-0.05, 0) is 5.57 Å². The second-order valence-corrected chi connectivity index (χ2v) is 2.79. The minimum absolute atomic E-state index is 0.324. The molecule has 3 nitrogen and oxygen atoms in total. The zero-order chi connectivity index (χ0) is 7.68. The summed E-state index contributed by atoms with van der Waals surface area (Å²) in [6, 6.07) is 0.324. The molecule has 1 aliphatic heterocycles. The molecule has 2 aliphatic rings. The van der Waals surface area contributed by atoms with Gasteiger partial charge in [0.1, 0.15) is 0 Å². The SMILES string of the molecule is NCC1=CC=CC2C=NNC12. The van der Waals surface area contributed by atoms with Crippen LogP contribution in [0.3, 0.4) is 0 Å². The third kappa shape index (κ3) is 0.973. The number of nitrogens with two attached hydrogens (primary N) is 1. The average molecular weight is 149 g/mol. The van der Waals surface area contributed by atoms with Crippen LogP contribution in [0.2, 0.25) is 0 Å². The molecule has 0 bridgehead atoms. The van der Waals surface area contributed by atoms with E-state index in [0.717, 1.165) is 0 Å². The van der Waals surface area contributed by atoms with Crippen molar-refractivity contribution in [3.63, 3.8) is 0 Å². The quantitative estimate of drug-likeness (QED) is 0.552. The molecule has 1 aliphatic carbocycles. The van der Waals surface area contributed by atoms with Crippen LogP contribution in [-0.4, -0.2) is 18.8 Å². The predicted molar refractivity (Wildman–Crippen MR) is 45.2 cm³/mol. The lowest BCUT2D eigenvalue weighted by atomic mass is 9.91. The van der Waals surface area contributed by atoms with E-state index < -0.39 is 0 Å². The standard InChI is InChI=1S/C8H11N3/c9-4-6-2-1-3-7-5-10-11-8(6)7/h1-3,5,7-8,11H,4,9H2. The number of nitrogens with zero attached hydrogens (tertiary/aromatic N) is 1. The van der Waals surface area contributed by atoms with Crippen molar-refractivity contribution in [2.75, 3.05) is 6.54 Å². The van der Waals surface area contributed by atoms with E-state index >= 15 is 0 Å². The van der Waals surface area contributed by atoms with E-state index in [4.69, 9.17) is 5.73 Å². The lowest BCUT2D eigenvalue weighted by Gasteiger charge is -2.20. The minimum atomic E-state index is 0.324. The highest BCUT2D eigenvalue weighted by molar-refractivity contribution is 5.68. The average Bonchev–Trinajstić information content (AvgIpc) is 2.50. The number of allylic oxidation sites excluding steroid dienone is 2. The Morgan fingerprint density at radius 1 is 1.64 bits per heavy atom. The highest BCUT2D eigenvalue weighted by Gasteiger charge is 2.25. The molecule has 0 aromatic carbocycles. The highest BCUT2D eigenvalue weighted by atomic mass is 15.3. The van der Waals surface area contributed by atoms with E-state index in [2.05, 4.69) is 22.7 Å². The van der Waals surface area contributed by atoms with Gasteiger partial charge in [-0.1, -0.05) is 18.2 Å². The van der Waals surface area contributed by atoms with Gasteiger partial charge in [-0.2, -0.15) is 5.10 Å². The maximum absolute atomic E-state index is 5.56. The maximum Gasteiger partial charge on any atom is 0.0777 e. The van der Waals surface area contributed by atoms with Gasteiger partial charge in [0.05, 0.1) is 6.04 Å². The number of hydrogen-bond acceptors (Lipinski definition) is 3. The summed E-state index contributed by atoms with van der Waals surface area (Å²) in [7, 11) is 0. The van der Waals surface area contributed by atoms with E-state index in [1.165, 1.54) is 5.57 Å². The maximum atomic E-state index is 5.56. The molecule has 0 saturated heterocycles. The summed E-state index contributed by atoms with van der Waals surface area (Å²) in [6.07, 6.45) is 8.16. The fourth-order valence-corrected chi connectivity index (χ4v) is 1.48. The summed E-state index contributed by atoms with van der Waals surface area (Å²) in [5, 5.41) is 4.00. The summed E-state index contributed by atoms with van der Waals surface area (Å²) < 4.78 is 0. The topological polar surface area (TPSA) is 50.4 Å². The van der Waals surface area contributed by atoms with Gasteiger partial charge in [0.25, 0.3) is 0 Å². The van der Waals surface area contributed by atoms with Gasteiger partial charge in [0.15, 0.2) is 0 Å². The van der Waals surface area contributed by atoms with Crippen LogP contribution >= 0.6 is 0 Å². The lowest BCUT2D eigenvalue weighted by molar-refractivity contribution is 0.584. The third-order valence-electron chi connectivity index (χ3n) is 2.12. The Bertz CT molecular complexity index is 240. The van der Waals surface area contributed by atoms with Gasteiger partial charge in [0, 0.05) is 18.7 Å². The van der Waals surface area contributed by atoms with Gasteiger partial charge < -0.3 is 11.2 Å². The smallest absolute Gasteiger partial charge is 0.0777 e. The van der Waals surface area contributed by atoms with Crippen molar-refractivity contribution in [1.82, 2.24) is 5.43 Å². The Morgan fingerprint density at radius 3 is 3.36 bits per heavy atom. The van der Waals surface area contributed by atoms with Gasteiger partial charge in [0.2, 0.25) is 0 Å². The van der Waals surface area contributed by atoms with E-state index in [0.29, 0.717) is 18.5 Å². The van der Waals surface area contributed by atoms with Crippen molar-refractivity contribution in [1.29, 1.82) is 0 Å². The summed E-state index contributed by atoms with van der Waals surface area (Å²) in [5.74, 6) is 0.415. The minimum Gasteiger partial charge on any atom is -0.327 e. The lowest BCUT2D eigenvalue weighted by Crippen LogP contribution is -2.33. The van der Waals surface area contributed by atoms with E-state index in [-0.39, 0.29) is 0 Å². The Labute approximate surface area is 65.7 Å². The second kappa shape index (κ2) is 2.51. The molecule has 0 saturated carbocycles. The van der Waals surface area contributed by atoms with Crippen LogP contribution in [0.25, 0.3) is 0 Å². The summed E-state index contributed by atoms with van der Waals surface area (Å²) in [5.41, 5.74) is 9.82. The van der Waals surface area contributed by atoms with Gasteiger partial charge in [-0.25, -0.2) is 0 Å². The van der Waals surface area contributed by atoms with Crippen LogP contribution < -0.4 is 11.2 Å². The van der Waals surface area contributed by atoms with Crippen LogP contribution in [0.5, 0.6) is 0 Å². The predicted octanol–water partition coefficient (Wildman–Crippen LogP) is 0.0151. The number of nitrogens with one attached hydrogen (secondary N) is 1. The molecular weight excluding hydrogens is 138 g/mol. The molecule has 2 rings (SSSR count). The third-order valence-corrected chi connectivity index (χ3v) is 2.12. The first-order chi connectivity index (χ1) is 5.42. The zero-order valence-electron chi connectivity index (χ0n) is 6.20. The van der Waals surface area contributed by atoms with Gasteiger partial charge >= 0.3 is 0 Å². The number of hydrogen-bond donors (Lipinski definition) is 2. The molecule has 2 unspecified atom stereocenters. The first-order valence-corrected chi connectivity index (χ1v) is 3.78. The molecule has 0 spiro atoms. The highest BCUT2D eigenvalue weighted by Crippen LogP contribution is 2.20. The Kier molecular flexibility index (Phi) is 1.51. The summed E-state index contributed by atoms with van der Waals surface area (Å²) in [4.78, 5) is 0. The molecular formula is C8H11N3. The molecule has 0 aromatic heterocycles. The Balaban J connectivity index is 2.23. The van der Waals surface area contributed by atoms with Crippen LogP contribution in [-0.2, 0) is 0 Å². The van der Waals surface area contributed by atoms with Crippen molar-refractivity contribution in [3.05, 3.63) is 23.8 Å². The van der Waals surface area contributed by atoms with Crippen molar-refractivity contribution in [2.24, 2.45) is 16.8 Å². The van der Waals surface area contributed by atoms with Crippen molar-refractivity contribution >= 4 is 6.21 Å². The van der Waals surface area contributed by atoms with Crippen LogP contribution in [0.1, 0.15) is 0 Å². The second-order valence-electron chi connectivity index (χ2n) is 2.79. The van der Waals surface area contributed by atoms with Gasteiger partial charge in [-0.15, -0.1) is 0 Å². The Hall–Kier alpha value is -1.09. The fourth-order valence-electron chi connectivity index (χ4n) is 1.48. The molecule has 3 N–H and O–H groups in total. The molecule has 2 atom stereocenters. The molecule has 58 valence electrons. The van der Waals surface area contributed by atoms with Gasteiger partial charge in [-0.3, -0.25) is 0 Å². The molecule has 1 heterocycles. The molecule has 0 fully saturated rings. The van der Waals surface area contributed by atoms with E-state index in [9.17, 15) is 0 Å². The first kappa shape index (κ1) is 6.61. The van der Waals surface area contributed by atoms with Crippen molar-refractivity contribution in [3.8, 4) is 0 Å². The Morgan fingerprint density at radius 2 is 2.55 bits per heavy atom. The number of fused-ring (bicyclic) bond motifs is 1. The molecule has 3 heteroatoms. The normalized spacial score (nSPS) is 33.0. The van der Waals surface area contributed by atoms with Crippen molar-refractivity contribution < 1.29 is 0 Å². The summed E-state index contributed by atoms with van der Waals surface area (Å²) in [6.45, 7) is 0.613. The molecule has 0 radical (unpaired) electrons. The fraction of sp³-hybridized carbons (Fsp3) is 0.375. The molecule has 0 amide bonds. The summed E-state index contributed by atoms with van der Waals surface area (Å²) >= 11 is 0. The van der Waals surface area contributed by atoms with Crippen LogP contribution in [0.4, 0.5) is 0 Å². The number of rotatable bonds is 1. The first-order valence-electron chi connectivity index (χ1n) is 3.78. The molecule has 0 aromatic rings. The van der Waals surface area contributed by atoms with Crippen molar-refractivity contribution in [2.45, 2.75) is 6.04 Å².